The average Bonchev–Trinajstić information content (AvgIpc) is 2.82. The Balaban J connectivity index is 1.94. The highest BCUT2D eigenvalue weighted by atomic mass is 16.2. The number of hydrogen-bond donors (Lipinski definition) is 2. The SMILES string of the molecule is NCC1(C(=O)NC2CCCC2)CCCCC1. The smallest absolute Gasteiger partial charge is 0.227 e. The third-order valence-electron chi connectivity index (χ3n) is 4.37. The minimum atomic E-state index is -0.235. The Morgan fingerprint density at radius 2 is 1.75 bits per heavy atom. The van der Waals surface area contributed by atoms with Crippen molar-refractivity contribution in [3.63, 3.8) is 0 Å². The third-order valence-corrected chi connectivity index (χ3v) is 4.37. The van der Waals surface area contributed by atoms with E-state index < -0.39 is 0 Å². The topological polar surface area (TPSA) is 55.1 Å². The van der Waals surface area contributed by atoms with Crippen molar-refractivity contribution in [3.8, 4) is 0 Å². The number of carbonyl (C=O) groups is 1. The van der Waals surface area contributed by atoms with Gasteiger partial charge in [-0.15, -0.1) is 0 Å². The molecule has 0 aromatic heterocycles. The third kappa shape index (κ3) is 2.40. The molecule has 0 unspecified atom stereocenters. The fourth-order valence-electron chi connectivity index (χ4n) is 3.16. The summed E-state index contributed by atoms with van der Waals surface area (Å²) in [6.45, 7) is 0.519. The molecule has 0 aromatic carbocycles. The van der Waals surface area contributed by atoms with Gasteiger partial charge < -0.3 is 11.1 Å². The van der Waals surface area contributed by atoms with Gasteiger partial charge in [-0.05, 0) is 25.7 Å². The maximum atomic E-state index is 12.3. The first kappa shape index (κ1) is 11.9. The molecule has 1 amide bonds. The summed E-state index contributed by atoms with van der Waals surface area (Å²) in [6.07, 6.45) is 10.4. The summed E-state index contributed by atoms with van der Waals surface area (Å²) in [6, 6.07) is 0.429. The Bertz CT molecular complexity index is 240. The molecule has 3 heteroatoms. The zero-order valence-electron chi connectivity index (χ0n) is 10.1. The van der Waals surface area contributed by atoms with E-state index >= 15 is 0 Å². The van der Waals surface area contributed by atoms with Crippen LogP contribution in [0.1, 0.15) is 57.8 Å². The van der Waals surface area contributed by atoms with E-state index in [1.807, 2.05) is 0 Å². The van der Waals surface area contributed by atoms with Crippen LogP contribution in [0.3, 0.4) is 0 Å². The highest BCUT2D eigenvalue weighted by molar-refractivity contribution is 5.83. The second-order valence-electron chi connectivity index (χ2n) is 5.50. The van der Waals surface area contributed by atoms with Crippen LogP contribution in [0.2, 0.25) is 0 Å². The van der Waals surface area contributed by atoms with Crippen LogP contribution in [0.15, 0.2) is 0 Å². The van der Waals surface area contributed by atoms with Gasteiger partial charge in [-0.3, -0.25) is 4.79 Å². The van der Waals surface area contributed by atoms with Crippen molar-refractivity contribution in [3.05, 3.63) is 0 Å². The Kier molecular flexibility index (Phi) is 3.85. The van der Waals surface area contributed by atoms with E-state index in [0.717, 1.165) is 38.5 Å². The molecule has 0 radical (unpaired) electrons. The molecular formula is C13H24N2O. The first-order chi connectivity index (χ1) is 7.77. The highest BCUT2D eigenvalue weighted by Gasteiger charge is 2.39. The standard InChI is InChI=1S/C13H24N2O/c14-10-13(8-4-1-5-9-13)12(16)15-11-6-2-3-7-11/h11H,1-10,14H2,(H,15,16). The molecule has 2 fully saturated rings. The molecule has 0 bridgehead atoms. The van der Waals surface area contributed by atoms with Crippen molar-refractivity contribution < 1.29 is 4.79 Å². The lowest BCUT2D eigenvalue weighted by molar-refractivity contribution is -0.133. The van der Waals surface area contributed by atoms with Crippen LogP contribution in [-0.4, -0.2) is 18.5 Å². The van der Waals surface area contributed by atoms with Crippen LogP contribution in [0.25, 0.3) is 0 Å². The molecule has 2 aliphatic rings. The normalized spacial score (nSPS) is 25.6. The van der Waals surface area contributed by atoms with E-state index in [0.29, 0.717) is 12.6 Å². The molecule has 0 heterocycles. The number of carbonyl (C=O) groups excluding carboxylic acids is 1. The van der Waals surface area contributed by atoms with Gasteiger partial charge in [0.1, 0.15) is 0 Å². The van der Waals surface area contributed by atoms with Gasteiger partial charge in [0.25, 0.3) is 0 Å². The fraction of sp³-hybridized carbons (Fsp3) is 0.923. The van der Waals surface area contributed by atoms with Crippen LogP contribution >= 0.6 is 0 Å². The van der Waals surface area contributed by atoms with Crippen LogP contribution < -0.4 is 11.1 Å². The summed E-state index contributed by atoms with van der Waals surface area (Å²) in [4.78, 5) is 12.3. The largest absolute Gasteiger partial charge is 0.353 e. The number of nitrogens with one attached hydrogen (secondary N) is 1. The molecule has 0 spiro atoms. The molecular weight excluding hydrogens is 200 g/mol. The van der Waals surface area contributed by atoms with Gasteiger partial charge in [-0.25, -0.2) is 0 Å². The quantitative estimate of drug-likeness (QED) is 0.770. The lowest BCUT2D eigenvalue weighted by atomic mass is 9.73. The fourth-order valence-corrected chi connectivity index (χ4v) is 3.16. The minimum Gasteiger partial charge on any atom is -0.353 e. The van der Waals surface area contributed by atoms with Crippen molar-refractivity contribution in [2.45, 2.75) is 63.8 Å². The van der Waals surface area contributed by atoms with E-state index in [1.165, 1.54) is 19.3 Å². The summed E-state index contributed by atoms with van der Waals surface area (Å²) in [5.74, 6) is 0.238. The van der Waals surface area contributed by atoms with E-state index in [4.69, 9.17) is 5.73 Å². The molecule has 0 saturated heterocycles. The molecule has 2 aliphatic carbocycles. The van der Waals surface area contributed by atoms with Crippen LogP contribution in [0.4, 0.5) is 0 Å². The molecule has 2 saturated carbocycles. The highest BCUT2D eigenvalue weighted by Crippen LogP contribution is 2.36. The van der Waals surface area contributed by atoms with Crippen molar-refractivity contribution >= 4 is 5.91 Å². The summed E-state index contributed by atoms with van der Waals surface area (Å²) < 4.78 is 0. The zero-order chi connectivity index (χ0) is 11.4. The van der Waals surface area contributed by atoms with Crippen LogP contribution in [0.5, 0.6) is 0 Å². The number of rotatable bonds is 3. The number of nitrogens with two attached hydrogens (primary N) is 1. The molecule has 2 rings (SSSR count). The summed E-state index contributed by atoms with van der Waals surface area (Å²) in [5.41, 5.74) is 5.62. The maximum Gasteiger partial charge on any atom is 0.227 e. The molecule has 0 aromatic rings. The van der Waals surface area contributed by atoms with E-state index in [9.17, 15) is 4.79 Å². The summed E-state index contributed by atoms with van der Waals surface area (Å²) in [5, 5.41) is 3.22. The van der Waals surface area contributed by atoms with E-state index in [2.05, 4.69) is 5.32 Å². The molecule has 3 nitrogen and oxygen atoms in total. The molecule has 16 heavy (non-hydrogen) atoms. The Labute approximate surface area is 98.2 Å². The van der Waals surface area contributed by atoms with Crippen molar-refractivity contribution in [2.75, 3.05) is 6.54 Å². The molecule has 0 atom stereocenters. The van der Waals surface area contributed by atoms with Crippen LogP contribution in [0, 0.1) is 5.41 Å². The van der Waals surface area contributed by atoms with E-state index in [-0.39, 0.29) is 11.3 Å². The Morgan fingerprint density at radius 3 is 2.31 bits per heavy atom. The lowest BCUT2D eigenvalue weighted by Gasteiger charge is -2.35. The Hall–Kier alpha value is -0.570. The van der Waals surface area contributed by atoms with Crippen molar-refractivity contribution in [1.82, 2.24) is 5.32 Å². The predicted molar refractivity (Wildman–Crippen MR) is 65.0 cm³/mol. The van der Waals surface area contributed by atoms with Gasteiger partial charge in [-0.1, -0.05) is 32.1 Å². The maximum absolute atomic E-state index is 12.3. The van der Waals surface area contributed by atoms with Gasteiger partial charge >= 0.3 is 0 Å². The van der Waals surface area contributed by atoms with Gasteiger partial charge in [-0.2, -0.15) is 0 Å². The average molecular weight is 224 g/mol. The summed E-state index contributed by atoms with van der Waals surface area (Å²) >= 11 is 0. The number of amides is 1. The minimum absolute atomic E-state index is 0.235. The Morgan fingerprint density at radius 1 is 1.12 bits per heavy atom. The first-order valence-electron chi connectivity index (χ1n) is 6.78. The second-order valence-corrected chi connectivity index (χ2v) is 5.50. The lowest BCUT2D eigenvalue weighted by Crippen LogP contribution is -2.49. The monoisotopic (exact) mass is 224 g/mol. The zero-order valence-corrected chi connectivity index (χ0v) is 10.1. The summed E-state index contributed by atoms with van der Waals surface area (Å²) in [7, 11) is 0. The van der Waals surface area contributed by atoms with E-state index in [1.54, 1.807) is 0 Å². The first-order valence-corrected chi connectivity index (χ1v) is 6.78. The van der Waals surface area contributed by atoms with Gasteiger partial charge in [0.05, 0.1) is 5.41 Å². The molecule has 3 N–H and O–H groups in total. The number of hydrogen-bond acceptors (Lipinski definition) is 2. The molecule has 0 aliphatic heterocycles. The molecule has 92 valence electrons. The van der Waals surface area contributed by atoms with Gasteiger partial charge in [0.2, 0.25) is 5.91 Å². The van der Waals surface area contributed by atoms with Gasteiger partial charge in [0.15, 0.2) is 0 Å². The van der Waals surface area contributed by atoms with Crippen LogP contribution in [-0.2, 0) is 4.79 Å². The van der Waals surface area contributed by atoms with Gasteiger partial charge in [0, 0.05) is 12.6 Å². The second kappa shape index (κ2) is 5.17. The van der Waals surface area contributed by atoms with Crippen molar-refractivity contribution in [2.24, 2.45) is 11.1 Å². The predicted octanol–water partition coefficient (Wildman–Crippen LogP) is 1.95. The van der Waals surface area contributed by atoms with Crippen molar-refractivity contribution in [1.29, 1.82) is 0 Å².